The number of rotatable bonds is 10. The number of aliphatic imine (C=N–C) groups is 1. The van der Waals surface area contributed by atoms with Crippen molar-refractivity contribution < 1.29 is 13.2 Å². The largest absolute Gasteiger partial charge is 0.496 e. The smallest absolute Gasteiger partial charge is 0.213 e. The van der Waals surface area contributed by atoms with Crippen LogP contribution < -0.4 is 20.1 Å². The molecule has 0 spiro atoms. The van der Waals surface area contributed by atoms with E-state index in [0.29, 0.717) is 31.5 Å². The highest BCUT2D eigenvalue weighted by Gasteiger charge is 2.20. The van der Waals surface area contributed by atoms with Gasteiger partial charge in [0.1, 0.15) is 5.75 Å². The Kier molecular flexibility index (Phi) is 8.37. The second-order valence-corrected chi connectivity index (χ2v) is 8.87. The van der Waals surface area contributed by atoms with E-state index in [9.17, 15) is 8.42 Å². The van der Waals surface area contributed by atoms with E-state index in [4.69, 9.17) is 4.74 Å². The predicted octanol–water partition coefficient (Wildman–Crippen LogP) is 1.43. The highest BCUT2D eigenvalue weighted by Crippen LogP contribution is 2.25. The summed E-state index contributed by atoms with van der Waals surface area (Å²) in [4.78, 5) is 4.14. The standard InChI is InChI=1S/C19H32N4O3S/c1-15-7-8-16(13-18(15)26-3)9-10-21-19(20-2)22-11-12-27(24,25)23-14-17-5-4-6-17/h7-8,13,17,23H,4-6,9-12,14H2,1-3H3,(H2,20,21,22). The summed E-state index contributed by atoms with van der Waals surface area (Å²) in [5, 5.41) is 6.26. The van der Waals surface area contributed by atoms with E-state index in [2.05, 4.69) is 26.4 Å². The van der Waals surface area contributed by atoms with Crippen LogP contribution in [-0.4, -0.2) is 53.9 Å². The summed E-state index contributed by atoms with van der Waals surface area (Å²) in [7, 11) is 0.105. The van der Waals surface area contributed by atoms with Crippen molar-refractivity contribution >= 4 is 16.0 Å². The molecule has 1 fully saturated rings. The van der Waals surface area contributed by atoms with E-state index < -0.39 is 10.0 Å². The zero-order valence-corrected chi connectivity index (χ0v) is 17.4. The van der Waals surface area contributed by atoms with Crippen LogP contribution in [-0.2, 0) is 16.4 Å². The molecule has 0 heterocycles. The van der Waals surface area contributed by atoms with E-state index in [1.807, 2.05) is 19.1 Å². The molecule has 0 bridgehead atoms. The van der Waals surface area contributed by atoms with Crippen molar-refractivity contribution in [3.05, 3.63) is 29.3 Å². The Morgan fingerprint density at radius 1 is 1.26 bits per heavy atom. The van der Waals surface area contributed by atoms with Crippen molar-refractivity contribution in [3.8, 4) is 5.75 Å². The predicted molar refractivity (Wildman–Crippen MR) is 110 cm³/mol. The Hall–Kier alpha value is -1.80. The summed E-state index contributed by atoms with van der Waals surface area (Å²) in [6, 6.07) is 6.16. The molecular formula is C19H32N4O3S. The van der Waals surface area contributed by atoms with Gasteiger partial charge < -0.3 is 15.4 Å². The number of benzene rings is 1. The van der Waals surface area contributed by atoms with Gasteiger partial charge in [0.2, 0.25) is 10.0 Å². The molecule has 0 aromatic heterocycles. The van der Waals surface area contributed by atoms with Gasteiger partial charge in [0.25, 0.3) is 0 Å². The van der Waals surface area contributed by atoms with Gasteiger partial charge in [-0.15, -0.1) is 0 Å². The molecule has 0 atom stereocenters. The summed E-state index contributed by atoms with van der Waals surface area (Å²) >= 11 is 0. The third kappa shape index (κ3) is 7.38. The van der Waals surface area contributed by atoms with Crippen LogP contribution in [0.5, 0.6) is 5.75 Å². The third-order valence-corrected chi connectivity index (χ3v) is 6.23. The summed E-state index contributed by atoms with van der Waals surface area (Å²) in [5.74, 6) is 2.04. The Morgan fingerprint density at radius 3 is 2.63 bits per heavy atom. The SMILES string of the molecule is CN=C(NCCc1ccc(C)c(OC)c1)NCCS(=O)(=O)NCC1CCC1. The van der Waals surface area contributed by atoms with E-state index in [1.165, 1.54) is 12.0 Å². The van der Waals surface area contributed by atoms with Gasteiger partial charge in [0.05, 0.1) is 12.9 Å². The lowest BCUT2D eigenvalue weighted by Crippen LogP contribution is -2.42. The molecule has 0 radical (unpaired) electrons. The van der Waals surface area contributed by atoms with Crippen LogP contribution in [0.25, 0.3) is 0 Å². The van der Waals surface area contributed by atoms with Gasteiger partial charge in [0.15, 0.2) is 5.96 Å². The Labute approximate surface area is 163 Å². The molecule has 152 valence electrons. The van der Waals surface area contributed by atoms with Crippen LogP contribution in [0.4, 0.5) is 0 Å². The van der Waals surface area contributed by atoms with E-state index in [1.54, 1.807) is 14.2 Å². The molecule has 0 saturated heterocycles. The fourth-order valence-electron chi connectivity index (χ4n) is 2.88. The molecule has 1 saturated carbocycles. The quantitative estimate of drug-likeness (QED) is 0.411. The lowest BCUT2D eigenvalue weighted by Gasteiger charge is -2.25. The van der Waals surface area contributed by atoms with Gasteiger partial charge in [-0.05, 0) is 49.3 Å². The topological polar surface area (TPSA) is 91.8 Å². The number of methoxy groups -OCH3 is 1. The number of hydrogen-bond acceptors (Lipinski definition) is 4. The van der Waals surface area contributed by atoms with E-state index in [0.717, 1.165) is 30.6 Å². The van der Waals surface area contributed by atoms with Crippen LogP contribution in [0.1, 0.15) is 30.4 Å². The molecule has 0 unspecified atom stereocenters. The molecule has 0 aliphatic heterocycles. The van der Waals surface area contributed by atoms with Crippen molar-refractivity contribution in [2.24, 2.45) is 10.9 Å². The lowest BCUT2D eigenvalue weighted by molar-refractivity contribution is 0.316. The highest BCUT2D eigenvalue weighted by molar-refractivity contribution is 7.89. The maximum Gasteiger partial charge on any atom is 0.213 e. The van der Waals surface area contributed by atoms with Gasteiger partial charge in [0, 0.05) is 26.7 Å². The van der Waals surface area contributed by atoms with E-state index in [-0.39, 0.29) is 5.75 Å². The molecule has 8 heteroatoms. The highest BCUT2D eigenvalue weighted by atomic mass is 32.2. The van der Waals surface area contributed by atoms with Gasteiger partial charge >= 0.3 is 0 Å². The summed E-state index contributed by atoms with van der Waals surface area (Å²) in [6.45, 7) is 3.59. The minimum atomic E-state index is -3.24. The number of guanidine groups is 1. The first-order valence-corrected chi connectivity index (χ1v) is 11.1. The molecule has 3 N–H and O–H groups in total. The van der Waals surface area contributed by atoms with Crippen LogP contribution in [0.3, 0.4) is 0 Å². The fraction of sp³-hybridized carbons (Fsp3) is 0.632. The minimum Gasteiger partial charge on any atom is -0.496 e. The number of ether oxygens (including phenoxy) is 1. The second kappa shape index (κ2) is 10.5. The molecule has 1 aromatic carbocycles. The number of nitrogens with one attached hydrogen (secondary N) is 3. The van der Waals surface area contributed by atoms with Crippen molar-refractivity contribution in [1.82, 2.24) is 15.4 Å². The Bertz CT molecular complexity index is 730. The average molecular weight is 397 g/mol. The Morgan fingerprint density at radius 2 is 2.00 bits per heavy atom. The summed E-state index contributed by atoms with van der Waals surface area (Å²) in [5.41, 5.74) is 2.28. The average Bonchev–Trinajstić information content (AvgIpc) is 2.60. The van der Waals surface area contributed by atoms with Gasteiger partial charge in [-0.1, -0.05) is 18.6 Å². The second-order valence-electron chi connectivity index (χ2n) is 6.94. The van der Waals surface area contributed by atoms with Crippen LogP contribution in [0.15, 0.2) is 23.2 Å². The number of nitrogens with zero attached hydrogens (tertiary/aromatic N) is 1. The molecule has 7 nitrogen and oxygen atoms in total. The molecule has 1 aromatic rings. The zero-order valence-electron chi connectivity index (χ0n) is 16.5. The van der Waals surface area contributed by atoms with Crippen LogP contribution in [0, 0.1) is 12.8 Å². The maximum absolute atomic E-state index is 12.0. The maximum atomic E-state index is 12.0. The third-order valence-electron chi connectivity index (χ3n) is 4.88. The summed E-state index contributed by atoms with van der Waals surface area (Å²) < 4.78 is 32.1. The van der Waals surface area contributed by atoms with Gasteiger partial charge in [-0.25, -0.2) is 13.1 Å². The normalized spacial score (nSPS) is 15.3. The van der Waals surface area contributed by atoms with Crippen LogP contribution >= 0.6 is 0 Å². The monoisotopic (exact) mass is 396 g/mol. The lowest BCUT2D eigenvalue weighted by atomic mass is 9.86. The molecule has 1 aliphatic rings. The minimum absolute atomic E-state index is 0.0373. The van der Waals surface area contributed by atoms with E-state index >= 15 is 0 Å². The van der Waals surface area contributed by atoms with Crippen molar-refractivity contribution in [2.45, 2.75) is 32.6 Å². The van der Waals surface area contributed by atoms with Crippen molar-refractivity contribution in [3.63, 3.8) is 0 Å². The molecule has 27 heavy (non-hydrogen) atoms. The van der Waals surface area contributed by atoms with Gasteiger partial charge in [-0.2, -0.15) is 0 Å². The Balaban J connectivity index is 1.67. The number of aryl methyl sites for hydroxylation is 1. The van der Waals surface area contributed by atoms with Gasteiger partial charge in [-0.3, -0.25) is 4.99 Å². The fourth-order valence-corrected chi connectivity index (χ4v) is 3.89. The number of sulfonamides is 1. The summed E-state index contributed by atoms with van der Waals surface area (Å²) in [6.07, 6.45) is 4.29. The van der Waals surface area contributed by atoms with Crippen molar-refractivity contribution in [2.75, 3.05) is 39.5 Å². The first-order valence-electron chi connectivity index (χ1n) is 9.49. The van der Waals surface area contributed by atoms with Crippen LogP contribution in [0.2, 0.25) is 0 Å². The first kappa shape index (κ1) is 21.5. The number of hydrogen-bond donors (Lipinski definition) is 3. The van der Waals surface area contributed by atoms with Crippen molar-refractivity contribution in [1.29, 1.82) is 0 Å². The molecule has 1 aliphatic carbocycles. The zero-order chi connectivity index (χ0) is 19.7. The molecule has 0 amide bonds. The first-order chi connectivity index (χ1) is 12.9. The molecule has 2 rings (SSSR count). The molecular weight excluding hydrogens is 364 g/mol.